The van der Waals surface area contributed by atoms with Crippen LogP contribution >= 0.6 is 15.9 Å². The molecule has 4 rings (SSSR count). The van der Waals surface area contributed by atoms with E-state index in [0.29, 0.717) is 10.4 Å². The van der Waals surface area contributed by atoms with Gasteiger partial charge in [-0.2, -0.15) is 5.10 Å². The quantitative estimate of drug-likeness (QED) is 0.536. The molecule has 7 nitrogen and oxygen atoms in total. The molecule has 1 aromatic carbocycles. The third-order valence-corrected chi connectivity index (χ3v) is 4.95. The first kappa shape index (κ1) is 17.0. The van der Waals surface area contributed by atoms with E-state index in [1.807, 2.05) is 19.2 Å². The first-order valence-electron chi connectivity index (χ1n) is 8.33. The summed E-state index contributed by atoms with van der Waals surface area (Å²) in [5.41, 5.74) is 3.74. The molecule has 0 atom stereocenters. The van der Waals surface area contributed by atoms with E-state index < -0.39 is 0 Å². The van der Waals surface area contributed by atoms with Gasteiger partial charge in [-0.3, -0.25) is 0 Å². The summed E-state index contributed by atoms with van der Waals surface area (Å²) >= 11 is 3.49. The van der Waals surface area contributed by atoms with E-state index in [-0.39, 0.29) is 5.41 Å². The number of halogens is 1. The minimum Gasteiger partial charge on any atom is -0.339 e. The van der Waals surface area contributed by atoms with E-state index in [0.717, 1.165) is 33.6 Å². The molecule has 0 unspecified atom stereocenters. The van der Waals surface area contributed by atoms with Crippen molar-refractivity contribution in [1.29, 1.82) is 0 Å². The minimum absolute atomic E-state index is 0.0131. The third kappa shape index (κ3) is 2.65. The predicted molar refractivity (Wildman–Crippen MR) is 107 cm³/mol. The maximum Gasteiger partial charge on any atom is 0.164 e. The minimum atomic E-state index is -0.0131. The lowest BCUT2D eigenvalue weighted by Crippen LogP contribution is -2.17. The van der Waals surface area contributed by atoms with Crippen LogP contribution in [0.5, 0.6) is 0 Å². The normalized spacial score (nSPS) is 12.2. The lowest BCUT2D eigenvalue weighted by Gasteiger charge is -2.17. The molecule has 1 N–H and O–H groups in total. The van der Waals surface area contributed by atoms with Gasteiger partial charge in [-0.05, 0) is 34.1 Å². The van der Waals surface area contributed by atoms with E-state index in [1.54, 1.807) is 4.68 Å². The van der Waals surface area contributed by atoms with E-state index in [4.69, 9.17) is 4.98 Å². The van der Waals surface area contributed by atoms with E-state index in [2.05, 4.69) is 74.8 Å². The molecule has 0 saturated heterocycles. The molecule has 134 valence electrons. The van der Waals surface area contributed by atoms with Crippen molar-refractivity contribution in [2.75, 3.05) is 5.32 Å². The molecule has 0 aliphatic heterocycles. The zero-order valence-electron chi connectivity index (χ0n) is 15.4. The topological polar surface area (TPSA) is 73.5 Å². The highest BCUT2D eigenvalue weighted by Crippen LogP contribution is 2.31. The van der Waals surface area contributed by atoms with Crippen molar-refractivity contribution in [1.82, 2.24) is 29.3 Å². The maximum atomic E-state index is 4.83. The van der Waals surface area contributed by atoms with Crippen molar-refractivity contribution >= 4 is 49.5 Å². The first-order chi connectivity index (χ1) is 12.3. The monoisotopic (exact) mass is 413 g/mol. The highest BCUT2D eigenvalue weighted by Gasteiger charge is 2.21. The molecule has 8 heteroatoms. The Labute approximate surface area is 159 Å². The Kier molecular flexibility index (Phi) is 3.76. The van der Waals surface area contributed by atoms with Crippen LogP contribution in [0.4, 0.5) is 11.5 Å². The van der Waals surface area contributed by atoms with Gasteiger partial charge in [0, 0.05) is 25.2 Å². The lowest BCUT2D eigenvalue weighted by atomic mass is 9.96. The fourth-order valence-corrected chi connectivity index (χ4v) is 3.82. The van der Waals surface area contributed by atoms with Gasteiger partial charge >= 0.3 is 0 Å². The summed E-state index contributed by atoms with van der Waals surface area (Å²) in [4.78, 5) is 13.5. The number of aromatic nitrogens is 6. The molecule has 0 bridgehead atoms. The van der Waals surface area contributed by atoms with Gasteiger partial charge in [-0.25, -0.2) is 19.6 Å². The second kappa shape index (κ2) is 5.77. The molecule has 4 aromatic rings. The number of fused-ring (bicyclic) bond motifs is 2. The van der Waals surface area contributed by atoms with Gasteiger partial charge in [0.2, 0.25) is 0 Å². The largest absolute Gasteiger partial charge is 0.339 e. The molecule has 0 saturated carbocycles. The van der Waals surface area contributed by atoms with Crippen LogP contribution in [-0.2, 0) is 19.5 Å². The smallest absolute Gasteiger partial charge is 0.164 e. The molecule has 0 fully saturated rings. The standard InChI is InChI=1S/C18H20BrN7/c1-18(2,3)17-23-11-8-10(6-7-12(11)25(17)4)22-15-13-14(19)24-26(5)16(13)21-9-20-15/h6-9H,1-5H3,(H,20,21,22). The summed E-state index contributed by atoms with van der Waals surface area (Å²) in [6, 6.07) is 6.16. The van der Waals surface area contributed by atoms with Gasteiger partial charge < -0.3 is 9.88 Å². The highest BCUT2D eigenvalue weighted by atomic mass is 79.9. The molecule has 26 heavy (non-hydrogen) atoms. The van der Waals surface area contributed by atoms with Crippen molar-refractivity contribution in [2.45, 2.75) is 26.2 Å². The molecule has 3 heterocycles. The summed E-state index contributed by atoms with van der Waals surface area (Å²) < 4.78 is 4.59. The Hall–Kier alpha value is -2.48. The lowest BCUT2D eigenvalue weighted by molar-refractivity contribution is 0.526. The van der Waals surface area contributed by atoms with Crippen LogP contribution in [0.2, 0.25) is 0 Å². The van der Waals surface area contributed by atoms with Crippen LogP contribution in [0.1, 0.15) is 26.6 Å². The molecule has 0 spiro atoms. The number of hydrogen-bond acceptors (Lipinski definition) is 5. The van der Waals surface area contributed by atoms with Crippen LogP contribution in [0.25, 0.3) is 22.1 Å². The summed E-state index contributed by atoms with van der Waals surface area (Å²) in [5.74, 6) is 1.77. The van der Waals surface area contributed by atoms with Crippen LogP contribution < -0.4 is 5.32 Å². The van der Waals surface area contributed by atoms with Crippen molar-refractivity contribution in [3.05, 3.63) is 35.0 Å². The van der Waals surface area contributed by atoms with Crippen molar-refractivity contribution in [2.24, 2.45) is 14.1 Å². The summed E-state index contributed by atoms with van der Waals surface area (Å²) in [5, 5.41) is 8.59. The molecular weight excluding hydrogens is 394 g/mol. The van der Waals surface area contributed by atoms with Crippen molar-refractivity contribution in [3.63, 3.8) is 0 Å². The Morgan fingerprint density at radius 1 is 1.12 bits per heavy atom. The number of benzene rings is 1. The Balaban J connectivity index is 1.79. The average Bonchev–Trinajstić information content (AvgIpc) is 3.05. The second-order valence-corrected chi connectivity index (χ2v) is 8.16. The summed E-state index contributed by atoms with van der Waals surface area (Å²) in [7, 11) is 3.92. The fourth-order valence-electron chi connectivity index (χ4n) is 3.22. The van der Waals surface area contributed by atoms with Crippen LogP contribution in [0.15, 0.2) is 29.1 Å². The molecule has 0 radical (unpaired) electrons. The van der Waals surface area contributed by atoms with Gasteiger partial charge in [0.25, 0.3) is 0 Å². The van der Waals surface area contributed by atoms with Gasteiger partial charge in [0.15, 0.2) is 5.65 Å². The highest BCUT2D eigenvalue weighted by molar-refractivity contribution is 9.10. The number of rotatable bonds is 2. The number of nitrogens with one attached hydrogen (secondary N) is 1. The van der Waals surface area contributed by atoms with Gasteiger partial charge in [-0.1, -0.05) is 20.8 Å². The number of nitrogens with zero attached hydrogens (tertiary/aromatic N) is 6. The molecule has 0 aliphatic rings. The molecule has 0 aliphatic carbocycles. The van der Waals surface area contributed by atoms with Crippen LogP contribution in [0, 0.1) is 0 Å². The van der Waals surface area contributed by atoms with E-state index >= 15 is 0 Å². The molecular formula is C18H20BrN7. The number of hydrogen-bond donors (Lipinski definition) is 1. The SMILES string of the molecule is Cn1nc(Br)c2c(Nc3ccc4c(c3)nc(C(C)(C)C)n4C)ncnc21. The van der Waals surface area contributed by atoms with Gasteiger partial charge in [0.05, 0.1) is 16.4 Å². The van der Waals surface area contributed by atoms with Crippen molar-refractivity contribution in [3.8, 4) is 0 Å². The fraction of sp³-hybridized carbons (Fsp3) is 0.333. The number of imidazole rings is 1. The molecule has 0 amide bonds. The van der Waals surface area contributed by atoms with Gasteiger partial charge in [0.1, 0.15) is 22.6 Å². The predicted octanol–water partition coefficient (Wildman–Crippen LogP) is 4.05. The van der Waals surface area contributed by atoms with Gasteiger partial charge in [-0.15, -0.1) is 0 Å². The summed E-state index contributed by atoms with van der Waals surface area (Å²) in [6.07, 6.45) is 1.54. The Morgan fingerprint density at radius 3 is 2.62 bits per heavy atom. The van der Waals surface area contributed by atoms with E-state index in [9.17, 15) is 0 Å². The number of anilines is 2. The zero-order valence-corrected chi connectivity index (χ0v) is 17.0. The maximum absolute atomic E-state index is 4.83. The van der Waals surface area contributed by atoms with Crippen LogP contribution in [0.3, 0.4) is 0 Å². The first-order valence-corrected chi connectivity index (χ1v) is 9.12. The average molecular weight is 414 g/mol. The second-order valence-electron chi connectivity index (χ2n) is 7.41. The molecule has 3 aromatic heterocycles. The zero-order chi connectivity index (χ0) is 18.6. The third-order valence-electron chi connectivity index (χ3n) is 4.39. The van der Waals surface area contributed by atoms with E-state index in [1.165, 1.54) is 6.33 Å². The van der Waals surface area contributed by atoms with Crippen molar-refractivity contribution < 1.29 is 0 Å². The Morgan fingerprint density at radius 2 is 1.88 bits per heavy atom. The Bertz CT molecular complexity index is 1130. The number of aryl methyl sites for hydroxylation is 2. The van der Waals surface area contributed by atoms with Crippen LogP contribution in [-0.4, -0.2) is 29.3 Å². The summed E-state index contributed by atoms with van der Waals surface area (Å²) in [6.45, 7) is 6.51.